The first-order valence-electron chi connectivity index (χ1n) is 11.9. The van der Waals surface area contributed by atoms with Gasteiger partial charge >= 0.3 is 0 Å². The number of benzene rings is 1. The number of halogens is 1. The van der Waals surface area contributed by atoms with Gasteiger partial charge in [-0.3, -0.25) is 14.6 Å². The molecule has 0 saturated carbocycles. The molecule has 2 fully saturated rings. The molecule has 2 saturated heterocycles. The molecule has 2 aliphatic rings. The van der Waals surface area contributed by atoms with Crippen molar-refractivity contribution < 1.29 is 9.59 Å². The number of carbonyl (C=O) groups is 2. The summed E-state index contributed by atoms with van der Waals surface area (Å²) in [6.45, 7) is 5.14. The van der Waals surface area contributed by atoms with Gasteiger partial charge in [-0.15, -0.1) is 0 Å². The highest BCUT2D eigenvalue weighted by molar-refractivity contribution is 9.10. The molecular formula is C26H33BrN4O2. The number of nitrogens with zero attached hydrogens (tertiary/aromatic N) is 3. The van der Waals surface area contributed by atoms with Crippen LogP contribution >= 0.6 is 15.9 Å². The minimum Gasteiger partial charge on any atom is -0.352 e. The summed E-state index contributed by atoms with van der Waals surface area (Å²) in [6, 6.07) is 11.9. The summed E-state index contributed by atoms with van der Waals surface area (Å²) in [5, 5.41) is 3.12. The molecule has 0 aliphatic carbocycles. The minimum atomic E-state index is -0.0356. The van der Waals surface area contributed by atoms with Gasteiger partial charge in [-0.25, -0.2) is 0 Å². The van der Waals surface area contributed by atoms with Crippen LogP contribution in [-0.2, 0) is 0 Å². The van der Waals surface area contributed by atoms with Crippen LogP contribution in [0.4, 0.5) is 0 Å². The molecule has 2 aliphatic heterocycles. The maximum Gasteiger partial charge on any atom is 0.253 e. The number of nitrogens with one attached hydrogen (secondary N) is 1. The van der Waals surface area contributed by atoms with Crippen LogP contribution in [0.25, 0.3) is 0 Å². The van der Waals surface area contributed by atoms with Crippen LogP contribution in [0.2, 0.25) is 0 Å². The Morgan fingerprint density at radius 2 is 1.79 bits per heavy atom. The predicted molar refractivity (Wildman–Crippen MR) is 134 cm³/mol. The van der Waals surface area contributed by atoms with E-state index in [-0.39, 0.29) is 17.7 Å². The Hall–Kier alpha value is -2.25. The van der Waals surface area contributed by atoms with Crippen molar-refractivity contribution >= 4 is 27.7 Å². The summed E-state index contributed by atoms with van der Waals surface area (Å²) < 4.78 is 0.962. The third-order valence-electron chi connectivity index (χ3n) is 7.00. The molecule has 33 heavy (non-hydrogen) atoms. The zero-order valence-corrected chi connectivity index (χ0v) is 21.1. The number of hydrogen-bond acceptors (Lipinski definition) is 4. The Morgan fingerprint density at radius 1 is 1.06 bits per heavy atom. The van der Waals surface area contributed by atoms with E-state index < -0.39 is 0 Å². The summed E-state index contributed by atoms with van der Waals surface area (Å²) in [5.74, 6) is 0.208. The molecule has 0 spiro atoms. The number of carbonyl (C=O) groups excluding carboxylic acids is 2. The van der Waals surface area contributed by atoms with Crippen LogP contribution in [0, 0.1) is 6.92 Å². The van der Waals surface area contributed by atoms with Gasteiger partial charge in [0.1, 0.15) is 0 Å². The van der Waals surface area contributed by atoms with Crippen LogP contribution in [0.3, 0.4) is 0 Å². The van der Waals surface area contributed by atoms with E-state index in [4.69, 9.17) is 4.98 Å². The van der Waals surface area contributed by atoms with Crippen molar-refractivity contribution in [3.8, 4) is 0 Å². The third-order valence-corrected chi connectivity index (χ3v) is 7.53. The topological polar surface area (TPSA) is 65.5 Å². The number of aryl methyl sites for hydroxylation is 1. The van der Waals surface area contributed by atoms with E-state index in [1.807, 2.05) is 48.2 Å². The molecule has 2 aromatic rings. The maximum atomic E-state index is 13.0. The van der Waals surface area contributed by atoms with Crippen LogP contribution < -0.4 is 5.32 Å². The smallest absolute Gasteiger partial charge is 0.253 e. The van der Waals surface area contributed by atoms with E-state index in [1.165, 1.54) is 12.8 Å². The highest BCUT2D eigenvalue weighted by Gasteiger charge is 2.28. The van der Waals surface area contributed by atoms with Crippen molar-refractivity contribution in [3.05, 3.63) is 63.4 Å². The van der Waals surface area contributed by atoms with Gasteiger partial charge in [0, 0.05) is 47.3 Å². The van der Waals surface area contributed by atoms with Crippen molar-refractivity contribution in [3.63, 3.8) is 0 Å². The zero-order chi connectivity index (χ0) is 23.4. The minimum absolute atomic E-state index is 0.0356. The largest absolute Gasteiger partial charge is 0.352 e. The molecule has 6 nitrogen and oxygen atoms in total. The molecule has 1 N–H and O–H groups in total. The van der Waals surface area contributed by atoms with E-state index in [9.17, 15) is 9.59 Å². The van der Waals surface area contributed by atoms with Gasteiger partial charge in [0.05, 0.1) is 11.3 Å². The second-order valence-electron chi connectivity index (χ2n) is 9.28. The Balaban J connectivity index is 1.37. The molecule has 1 atom stereocenters. The monoisotopic (exact) mass is 512 g/mol. The SMILES string of the molecule is Cc1ccc(C(=O)NCCC2CCCN2C)c(C2CCN(C(=O)c3ccc(Br)cc3)CC2)n1. The molecule has 1 aromatic carbocycles. The number of piperidine rings is 1. The molecular weight excluding hydrogens is 480 g/mol. The number of pyridine rings is 1. The van der Waals surface area contributed by atoms with Crippen LogP contribution in [0.1, 0.15) is 70.1 Å². The number of aromatic nitrogens is 1. The van der Waals surface area contributed by atoms with Crippen molar-refractivity contribution in [2.24, 2.45) is 0 Å². The van der Waals surface area contributed by atoms with E-state index in [0.717, 1.165) is 41.7 Å². The molecule has 1 aromatic heterocycles. The average Bonchev–Trinajstić information content (AvgIpc) is 3.23. The Bertz CT molecular complexity index is 986. The summed E-state index contributed by atoms with van der Waals surface area (Å²) >= 11 is 3.42. The van der Waals surface area contributed by atoms with E-state index in [0.29, 0.717) is 36.8 Å². The van der Waals surface area contributed by atoms with Gasteiger partial charge < -0.3 is 15.1 Å². The quantitative estimate of drug-likeness (QED) is 0.623. The Labute approximate surface area is 204 Å². The van der Waals surface area contributed by atoms with Crippen LogP contribution in [-0.4, -0.2) is 65.9 Å². The summed E-state index contributed by atoms with van der Waals surface area (Å²) in [4.78, 5) is 35.0. The van der Waals surface area contributed by atoms with Crippen molar-refractivity contribution in [2.75, 3.05) is 33.2 Å². The molecule has 1 unspecified atom stereocenters. The molecule has 2 amide bonds. The van der Waals surface area contributed by atoms with Gasteiger partial charge in [0.2, 0.25) is 0 Å². The van der Waals surface area contributed by atoms with Gasteiger partial charge in [0.15, 0.2) is 0 Å². The normalized spacial score (nSPS) is 19.6. The zero-order valence-electron chi connectivity index (χ0n) is 19.5. The standard InChI is InChI=1S/C26H33BrN4O2/c1-18-5-10-23(25(32)28-14-11-22-4-3-15-30(22)2)24(29-18)19-12-16-31(17-13-19)26(33)20-6-8-21(27)9-7-20/h5-10,19,22H,3-4,11-17H2,1-2H3,(H,28,32). The molecule has 4 rings (SSSR count). The number of likely N-dealkylation sites (tertiary alicyclic amines) is 2. The number of rotatable bonds is 6. The summed E-state index contributed by atoms with van der Waals surface area (Å²) in [7, 11) is 2.16. The first-order chi connectivity index (χ1) is 15.9. The molecule has 176 valence electrons. The number of amides is 2. The number of hydrogen-bond donors (Lipinski definition) is 1. The van der Waals surface area contributed by atoms with Gasteiger partial charge in [-0.05, 0) is 89.0 Å². The average molecular weight is 513 g/mol. The second kappa shape index (κ2) is 10.8. The lowest BCUT2D eigenvalue weighted by Crippen LogP contribution is -2.38. The fourth-order valence-corrected chi connectivity index (χ4v) is 5.27. The first-order valence-corrected chi connectivity index (χ1v) is 12.7. The van der Waals surface area contributed by atoms with E-state index >= 15 is 0 Å². The van der Waals surface area contributed by atoms with Gasteiger partial charge in [0.25, 0.3) is 11.8 Å². The van der Waals surface area contributed by atoms with Gasteiger partial charge in [-0.1, -0.05) is 15.9 Å². The fraction of sp³-hybridized carbons (Fsp3) is 0.500. The molecule has 0 radical (unpaired) electrons. The lowest BCUT2D eigenvalue weighted by molar-refractivity contribution is 0.0710. The summed E-state index contributed by atoms with van der Waals surface area (Å²) in [5.41, 5.74) is 3.18. The van der Waals surface area contributed by atoms with Crippen molar-refractivity contribution in [2.45, 2.75) is 51.0 Å². The third kappa shape index (κ3) is 5.82. The van der Waals surface area contributed by atoms with Crippen molar-refractivity contribution in [1.29, 1.82) is 0 Å². The van der Waals surface area contributed by atoms with Crippen LogP contribution in [0.5, 0.6) is 0 Å². The molecule has 7 heteroatoms. The van der Waals surface area contributed by atoms with E-state index in [1.54, 1.807) is 0 Å². The molecule has 3 heterocycles. The second-order valence-corrected chi connectivity index (χ2v) is 10.2. The van der Waals surface area contributed by atoms with Crippen molar-refractivity contribution in [1.82, 2.24) is 20.1 Å². The van der Waals surface area contributed by atoms with E-state index in [2.05, 4.69) is 33.2 Å². The highest BCUT2D eigenvalue weighted by Crippen LogP contribution is 2.30. The highest BCUT2D eigenvalue weighted by atomic mass is 79.9. The fourth-order valence-electron chi connectivity index (χ4n) is 5.00. The van der Waals surface area contributed by atoms with Gasteiger partial charge in [-0.2, -0.15) is 0 Å². The first kappa shape index (κ1) is 23.9. The van der Waals surface area contributed by atoms with Crippen LogP contribution in [0.15, 0.2) is 40.9 Å². The Morgan fingerprint density at radius 3 is 2.45 bits per heavy atom. The predicted octanol–water partition coefficient (Wildman–Crippen LogP) is 4.39. The lowest BCUT2D eigenvalue weighted by atomic mass is 9.89. The Kier molecular flexibility index (Phi) is 7.81. The lowest BCUT2D eigenvalue weighted by Gasteiger charge is -2.32. The summed E-state index contributed by atoms with van der Waals surface area (Å²) in [6.07, 6.45) is 5.05. The molecule has 0 bridgehead atoms. The maximum absolute atomic E-state index is 13.0.